The highest BCUT2D eigenvalue weighted by molar-refractivity contribution is 5.92. The van der Waals surface area contributed by atoms with E-state index in [-0.39, 0.29) is 5.56 Å². The summed E-state index contributed by atoms with van der Waals surface area (Å²) in [5.41, 5.74) is 5.59. The number of hydrogen-bond donors (Lipinski definition) is 4. The predicted octanol–water partition coefficient (Wildman–Crippen LogP) is 2.39. The van der Waals surface area contributed by atoms with E-state index in [9.17, 15) is 4.79 Å². The van der Waals surface area contributed by atoms with Crippen LogP contribution in [0.1, 0.15) is 34.3 Å². The molecule has 0 bridgehead atoms. The summed E-state index contributed by atoms with van der Waals surface area (Å²) in [5.74, 6) is 0.643. The number of hydroxylamine groups is 1. The highest BCUT2D eigenvalue weighted by Gasteiger charge is 2.21. The topological polar surface area (TPSA) is 106 Å². The van der Waals surface area contributed by atoms with Crippen molar-refractivity contribution in [3.8, 4) is 0 Å². The van der Waals surface area contributed by atoms with E-state index in [1.54, 1.807) is 5.48 Å². The Labute approximate surface area is 169 Å². The maximum atomic E-state index is 11.4. The molecule has 1 aliphatic heterocycles. The molecule has 152 valence electrons. The lowest BCUT2D eigenvalue weighted by Gasteiger charge is -2.32. The fourth-order valence-corrected chi connectivity index (χ4v) is 3.85. The van der Waals surface area contributed by atoms with Crippen LogP contribution in [0.3, 0.4) is 0 Å². The molecule has 8 heteroatoms. The highest BCUT2D eigenvalue weighted by Crippen LogP contribution is 2.22. The summed E-state index contributed by atoms with van der Waals surface area (Å²) in [6, 6.07) is 6.49. The fraction of sp³-hybridized carbons (Fsp3) is 0.381. The number of carbonyl (C=O) groups is 1. The van der Waals surface area contributed by atoms with Gasteiger partial charge in [0.15, 0.2) is 0 Å². The molecule has 4 rings (SSSR count). The van der Waals surface area contributed by atoms with E-state index in [0.29, 0.717) is 11.9 Å². The Hall–Kier alpha value is -2.97. The van der Waals surface area contributed by atoms with E-state index in [1.165, 1.54) is 34.4 Å². The summed E-state index contributed by atoms with van der Waals surface area (Å²) < 4.78 is 0. The summed E-state index contributed by atoms with van der Waals surface area (Å²) >= 11 is 0. The van der Waals surface area contributed by atoms with Crippen LogP contribution in [-0.2, 0) is 6.54 Å². The normalized spacial score (nSPS) is 15.0. The Morgan fingerprint density at radius 3 is 2.76 bits per heavy atom. The first-order chi connectivity index (χ1) is 14.1. The molecule has 3 aromatic rings. The van der Waals surface area contributed by atoms with Gasteiger partial charge in [-0.15, -0.1) is 0 Å². The van der Waals surface area contributed by atoms with Crippen LogP contribution < -0.4 is 15.7 Å². The van der Waals surface area contributed by atoms with Crippen molar-refractivity contribution in [3.05, 3.63) is 53.5 Å². The second-order valence-corrected chi connectivity index (χ2v) is 7.64. The zero-order valence-corrected chi connectivity index (χ0v) is 16.5. The van der Waals surface area contributed by atoms with Crippen molar-refractivity contribution in [1.29, 1.82) is 0 Å². The Balaban J connectivity index is 1.25. The molecular weight excluding hydrogens is 368 g/mol. The number of amides is 1. The van der Waals surface area contributed by atoms with Crippen molar-refractivity contribution in [2.45, 2.75) is 26.3 Å². The van der Waals surface area contributed by atoms with Gasteiger partial charge >= 0.3 is 0 Å². The molecule has 0 unspecified atom stereocenters. The van der Waals surface area contributed by atoms with E-state index in [0.717, 1.165) is 39.0 Å². The summed E-state index contributed by atoms with van der Waals surface area (Å²) in [5, 5.41) is 13.6. The second-order valence-electron chi connectivity index (χ2n) is 7.64. The smallest absolute Gasteiger partial charge is 0.277 e. The van der Waals surface area contributed by atoms with Crippen molar-refractivity contribution >= 4 is 22.8 Å². The number of nitrogens with one attached hydrogen (secondary N) is 3. The number of aromatic nitrogens is 3. The molecule has 1 amide bonds. The molecule has 1 aromatic carbocycles. The van der Waals surface area contributed by atoms with E-state index < -0.39 is 5.91 Å². The number of aromatic amines is 1. The number of aryl methyl sites for hydroxylation is 1. The van der Waals surface area contributed by atoms with Crippen LogP contribution in [0.15, 0.2) is 36.8 Å². The van der Waals surface area contributed by atoms with Crippen LogP contribution in [0.25, 0.3) is 10.9 Å². The van der Waals surface area contributed by atoms with E-state index >= 15 is 0 Å². The van der Waals surface area contributed by atoms with Crippen LogP contribution in [0, 0.1) is 12.8 Å². The molecule has 1 aliphatic rings. The number of hydrogen-bond acceptors (Lipinski definition) is 6. The van der Waals surface area contributed by atoms with E-state index in [2.05, 4.69) is 56.5 Å². The Kier molecular flexibility index (Phi) is 5.73. The van der Waals surface area contributed by atoms with Crippen molar-refractivity contribution < 1.29 is 10.0 Å². The number of fused-ring (bicyclic) bond motifs is 1. The average Bonchev–Trinajstić information content (AvgIpc) is 3.16. The van der Waals surface area contributed by atoms with Gasteiger partial charge in [-0.3, -0.25) is 10.0 Å². The summed E-state index contributed by atoms with van der Waals surface area (Å²) in [4.78, 5) is 25.3. The lowest BCUT2D eigenvalue weighted by molar-refractivity contribution is 0.0705. The Morgan fingerprint density at radius 1 is 1.28 bits per heavy atom. The maximum Gasteiger partial charge on any atom is 0.277 e. The molecule has 0 radical (unpaired) electrons. The molecular formula is C21H26N6O2. The molecule has 3 heterocycles. The molecule has 0 saturated carbocycles. The minimum atomic E-state index is -0.605. The Morgan fingerprint density at radius 2 is 2.03 bits per heavy atom. The van der Waals surface area contributed by atoms with Gasteiger partial charge in [-0.05, 0) is 49.9 Å². The molecule has 4 N–H and O–H groups in total. The summed E-state index contributed by atoms with van der Waals surface area (Å²) in [6.07, 6.45) is 7.11. The van der Waals surface area contributed by atoms with Crippen LogP contribution in [0.2, 0.25) is 0 Å². The average molecular weight is 394 g/mol. The van der Waals surface area contributed by atoms with Gasteiger partial charge in [0.1, 0.15) is 0 Å². The Bertz CT molecular complexity index is 977. The van der Waals surface area contributed by atoms with Gasteiger partial charge in [0, 0.05) is 49.1 Å². The van der Waals surface area contributed by atoms with Gasteiger partial charge in [-0.25, -0.2) is 15.4 Å². The lowest BCUT2D eigenvalue weighted by Crippen LogP contribution is -2.38. The van der Waals surface area contributed by atoms with Gasteiger partial charge in [-0.2, -0.15) is 0 Å². The molecule has 29 heavy (non-hydrogen) atoms. The third kappa shape index (κ3) is 4.38. The van der Waals surface area contributed by atoms with Gasteiger partial charge in [0.25, 0.3) is 5.91 Å². The number of benzene rings is 1. The molecule has 0 aliphatic carbocycles. The number of H-pyrrole nitrogens is 1. The van der Waals surface area contributed by atoms with Crippen LogP contribution in [0.5, 0.6) is 0 Å². The standard InChI is InChI=1S/C21H26N6O2/c1-14-2-3-19-18(8-14)16(11-23-19)10-22-9-15-4-6-27(7-5-15)21-24-12-17(13-25-21)20(28)26-29/h2-3,8,11-13,15,22-23,29H,4-7,9-10H2,1H3,(H,26,28). The first-order valence-corrected chi connectivity index (χ1v) is 9.93. The van der Waals surface area contributed by atoms with E-state index in [4.69, 9.17) is 5.21 Å². The third-order valence-electron chi connectivity index (χ3n) is 5.57. The summed E-state index contributed by atoms with van der Waals surface area (Å²) in [6.45, 7) is 5.76. The number of carbonyl (C=O) groups excluding carboxylic acids is 1. The number of anilines is 1. The third-order valence-corrected chi connectivity index (χ3v) is 5.57. The molecule has 2 aromatic heterocycles. The SMILES string of the molecule is Cc1ccc2[nH]cc(CNCC3CCN(c4ncc(C(=O)NO)cn4)CC3)c2c1. The van der Waals surface area contributed by atoms with E-state index in [1.807, 2.05) is 0 Å². The van der Waals surface area contributed by atoms with Crippen LogP contribution in [0.4, 0.5) is 5.95 Å². The van der Waals surface area contributed by atoms with Crippen molar-refractivity contribution in [2.75, 3.05) is 24.5 Å². The molecule has 1 fully saturated rings. The lowest BCUT2D eigenvalue weighted by atomic mass is 9.97. The second kappa shape index (κ2) is 8.59. The van der Waals surface area contributed by atoms with Gasteiger partial charge in [-0.1, -0.05) is 11.6 Å². The predicted molar refractivity (Wildman–Crippen MR) is 111 cm³/mol. The van der Waals surface area contributed by atoms with Gasteiger partial charge in [0.05, 0.1) is 5.56 Å². The quantitative estimate of drug-likeness (QED) is 0.378. The number of rotatable bonds is 6. The van der Waals surface area contributed by atoms with Crippen molar-refractivity contribution in [3.63, 3.8) is 0 Å². The largest absolute Gasteiger partial charge is 0.361 e. The van der Waals surface area contributed by atoms with Crippen LogP contribution >= 0.6 is 0 Å². The zero-order valence-electron chi connectivity index (χ0n) is 16.5. The fourth-order valence-electron chi connectivity index (χ4n) is 3.85. The van der Waals surface area contributed by atoms with Crippen LogP contribution in [-0.4, -0.2) is 45.7 Å². The monoisotopic (exact) mass is 394 g/mol. The number of nitrogens with zero attached hydrogens (tertiary/aromatic N) is 3. The minimum Gasteiger partial charge on any atom is -0.361 e. The van der Waals surface area contributed by atoms with Gasteiger partial charge < -0.3 is 15.2 Å². The molecule has 8 nitrogen and oxygen atoms in total. The van der Waals surface area contributed by atoms with Crippen molar-refractivity contribution in [2.24, 2.45) is 5.92 Å². The first kappa shape index (κ1) is 19.4. The molecule has 0 spiro atoms. The molecule has 0 atom stereocenters. The summed E-state index contributed by atoms with van der Waals surface area (Å²) in [7, 11) is 0. The minimum absolute atomic E-state index is 0.239. The maximum absolute atomic E-state index is 11.4. The molecule has 1 saturated heterocycles. The zero-order chi connectivity index (χ0) is 20.2. The highest BCUT2D eigenvalue weighted by atomic mass is 16.5. The van der Waals surface area contributed by atoms with Gasteiger partial charge in [0.2, 0.25) is 5.95 Å². The first-order valence-electron chi connectivity index (χ1n) is 9.93. The van der Waals surface area contributed by atoms with Crippen molar-refractivity contribution in [1.82, 2.24) is 25.7 Å². The number of piperidine rings is 1.